The highest BCUT2D eigenvalue weighted by Gasteiger charge is 2.29. The molecular weight excluding hydrogens is 330 g/mol. The summed E-state index contributed by atoms with van der Waals surface area (Å²) in [5, 5.41) is 14.2. The number of carboxylic acid groups (broad SMARTS) is 1. The second-order valence-corrected chi connectivity index (χ2v) is 6.07. The molecule has 0 unspecified atom stereocenters. The Morgan fingerprint density at radius 3 is 2.62 bits per heavy atom. The van der Waals surface area contributed by atoms with Crippen LogP contribution in [0.5, 0.6) is 0 Å². The Bertz CT molecular complexity index is 790. The van der Waals surface area contributed by atoms with E-state index in [1.807, 2.05) is 12.1 Å². The molecule has 1 heterocycles. The molecule has 24 heavy (non-hydrogen) atoms. The van der Waals surface area contributed by atoms with E-state index >= 15 is 0 Å². The van der Waals surface area contributed by atoms with E-state index in [-0.39, 0.29) is 18.4 Å². The predicted octanol–water partition coefficient (Wildman–Crippen LogP) is 3.52. The molecule has 0 radical (unpaired) electrons. The van der Waals surface area contributed by atoms with E-state index < -0.39 is 6.09 Å². The van der Waals surface area contributed by atoms with Crippen LogP contribution in [0.15, 0.2) is 36.5 Å². The van der Waals surface area contributed by atoms with Gasteiger partial charge in [-0.3, -0.25) is 4.79 Å². The highest BCUT2D eigenvalue weighted by atomic mass is 35.5. The summed E-state index contributed by atoms with van der Waals surface area (Å²) < 4.78 is 0. The van der Waals surface area contributed by atoms with Crippen LogP contribution in [0, 0.1) is 5.92 Å². The number of hydrogen-bond donors (Lipinski definition) is 3. The molecule has 3 N–H and O–H groups in total. The van der Waals surface area contributed by atoms with E-state index in [4.69, 9.17) is 16.7 Å². The molecule has 1 saturated carbocycles. The van der Waals surface area contributed by atoms with Gasteiger partial charge >= 0.3 is 6.09 Å². The van der Waals surface area contributed by atoms with Crippen molar-refractivity contribution in [3.63, 3.8) is 0 Å². The number of hydrogen-bond acceptors (Lipinski definition) is 3. The number of nitrogens with zero attached hydrogens (tertiary/aromatic N) is 1. The van der Waals surface area contributed by atoms with Crippen LogP contribution >= 0.6 is 11.6 Å². The van der Waals surface area contributed by atoms with Crippen LogP contribution in [-0.2, 0) is 11.3 Å². The van der Waals surface area contributed by atoms with Crippen molar-refractivity contribution >= 4 is 29.4 Å². The van der Waals surface area contributed by atoms with Crippen molar-refractivity contribution in [1.82, 2.24) is 10.3 Å². The van der Waals surface area contributed by atoms with Gasteiger partial charge in [-0.25, -0.2) is 9.78 Å². The number of anilines is 1. The number of amides is 2. The highest BCUT2D eigenvalue weighted by Crippen LogP contribution is 2.31. The number of rotatable bonds is 5. The number of benzene rings is 1. The molecule has 0 saturated heterocycles. The summed E-state index contributed by atoms with van der Waals surface area (Å²) in [6.45, 7) is 0.146. The predicted molar refractivity (Wildman–Crippen MR) is 90.9 cm³/mol. The maximum atomic E-state index is 11.8. The lowest BCUT2D eigenvalue weighted by molar-refractivity contribution is -0.117. The average Bonchev–Trinajstić information content (AvgIpc) is 3.38. The molecule has 124 valence electrons. The average molecular weight is 346 g/mol. The van der Waals surface area contributed by atoms with Crippen LogP contribution in [0.1, 0.15) is 18.4 Å². The zero-order chi connectivity index (χ0) is 17.1. The number of aromatic nitrogens is 1. The second-order valence-electron chi connectivity index (χ2n) is 5.66. The van der Waals surface area contributed by atoms with Gasteiger partial charge in [0.15, 0.2) is 0 Å². The molecule has 1 aliphatic rings. The summed E-state index contributed by atoms with van der Waals surface area (Å²) in [7, 11) is 0. The van der Waals surface area contributed by atoms with E-state index in [0.717, 1.165) is 24.0 Å². The molecular formula is C17H16ClN3O3. The lowest BCUT2D eigenvalue weighted by atomic mass is 10.0. The van der Waals surface area contributed by atoms with Crippen LogP contribution in [0.2, 0.25) is 5.02 Å². The van der Waals surface area contributed by atoms with Gasteiger partial charge in [-0.2, -0.15) is 0 Å². The van der Waals surface area contributed by atoms with Crippen molar-refractivity contribution in [3.05, 3.63) is 47.1 Å². The first-order valence-corrected chi connectivity index (χ1v) is 7.93. The number of carbonyl (C=O) groups excluding carboxylic acids is 1. The van der Waals surface area contributed by atoms with E-state index in [2.05, 4.69) is 15.6 Å². The first kappa shape index (κ1) is 16.3. The van der Waals surface area contributed by atoms with Gasteiger partial charge in [0, 0.05) is 23.7 Å². The summed E-state index contributed by atoms with van der Waals surface area (Å²) in [6.07, 6.45) is 2.41. The van der Waals surface area contributed by atoms with E-state index in [1.165, 1.54) is 0 Å². The molecule has 1 aromatic carbocycles. The van der Waals surface area contributed by atoms with Gasteiger partial charge in [0.25, 0.3) is 0 Å². The van der Waals surface area contributed by atoms with Crippen LogP contribution in [-0.4, -0.2) is 22.1 Å². The minimum absolute atomic E-state index is 0.00720. The van der Waals surface area contributed by atoms with Gasteiger partial charge < -0.3 is 15.7 Å². The van der Waals surface area contributed by atoms with Gasteiger partial charge in [-0.05, 0) is 47.7 Å². The van der Waals surface area contributed by atoms with Crippen LogP contribution in [0.3, 0.4) is 0 Å². The fraction of sp³-hybridized carbons (Fsp3) is 0.235. The fourth-order valence-corrected chi connectivity index (χ4v) is 2.54. The SMILES string of the molecule is O=C(O)NCc1ccc(-c2ccnc(NC(=O)C3CC3)c2)cc1Cl. The van der Waals surface area contributed by atoms with E-state index in [0.29, 0.717) is 16.4 Å². The standard InChI is InChI=1S/C17H16ClN3O3/c18-14-7-11(3-4-13(14)9-20-17(23)24)12-5-6-19-15(8-12)21-16(22)10-1-2-10/h3-8,10,20H,1-2,9H2,(H,23,24)(H,19,21,22). The third-order valence-electron chi connectivity index (χ3n) is 3.78. The van der Waals surface area contributed by atoms with Gasteiger partial charge in [-0.1, -0.05) is 23.7 Å². The number of halogens is 1. The van der Waals surface area contributed by atoms with Crippen molar-refractivity contribution in [3.8, 4) is 11.1 Å². The van der Waals surface area contributed by atoms with Gasteiger partial charge in [0.05, 0.1) is 0 Å². The summed E-state index contributed by atoms with van der Waals surface area (Å²) in [4.78, 5) is 26.5. The third kappa shape index (κ3) is 4.02. The molecule has 1 fully saturated rings. The lowest BCUT2D eigenvalue weighted by Gasteiger charge is -2.09. The monoisotopic (exact) mass is 345 g/mol. The smallest absolute Gasteiger partial charge is 0.404 e. The van der Waals surface area contributed by atoms with Gasteiger partial charge in [-0.15, -0.1) is 0 Å². The first-order valence-electron chi connectivity index (χ1n) is 7.55. The van der Waals surface area contributed by atoms with Crippen LogP contribution in [0.25, 0.3) is 11.1 Å². The summed E-state index contributed by atoms with van der Waals surface area (Å²) in [5.41, 5.74) is 2.43. The quantitative estimate of drug-likeness (QED) is 0.773. The zero-order valence-electron chi connectivity index (χ0n) is 12.8. The maximum absolute atomic E-state index is 11.8. The molecule has 1 aliphatic carbocycles. The second kappa shape index (κ2) is 6.88. The van der Waals surface area contributed by atoms with Crippen LogP contribution < -0.4 is 10.6 Å². The lowest BCUT2D eigenvalue weighted by Crippen LogP contribution is -2.20. The Balaban J connectivity index is 1.77. The molecule has 0 spiro atoms. The van der Waals surface area contributed by atoms with Crippen molar-refractivity contribution in [2.45, 2.75) is 19.4 Å². The molecule has 2 aromatic rings. The van der Waals surface area contributed by atoms with Crippen molar-refractivity contribution < 1.29 is 14.7 Å². The topological polar surface area (TPSA) is 91.3 Å². The molecule has 0 bridgehead atoms. The molecule has 0 atom stereocenters. The number of carbonyl (C=O) groups is 2. The molecule has 1 aromatic heterocycles. The van der Waals surface area contributed by atoms with Crippen molar-refractivity contribution in [1.29, 1.82) is 0 Å². The van der Waals surface area contributed by atoms with Crippen molar-refractivity contribution in [2.24, 2.45) is 5.92 Å². The molecule has 0 aliphatic heterocycles. The summed E-state index contributed by atoms with van der Waals surface area (Å²) in [6, 6.07) is 9.01. The van der Waals surface area contributed by atoms with Gasteiger partial charge in [0.1, 0.15) is 5.82 Å². The fourth-order valence-electron chi connectivity index (χ4n) is 2.29. The largest absolute Gasteiger partial charge is 0.465 e. The summed E-state index contributed by atoms with van der Waals surface area (Å²) >= 11 is 6.22. The van der Waals surface area contributed by atoms with Crippen molar-refractivity contribution in [2.75, 3.05) is 5.32 Å². The minimum atomic E-state index is -1.10. The molecule has 2 amide bonds. The highest BCUT2D eigenvalue weighted by molar-refractivity contribution is 6.31. The van der Waals surface area contributed by atoms with E-state index in [1.54, 1.807) is 24.4 Å². The van der Waals surface area contributed by atoms with E-state index in [9.17, 15) is 9.59 Å². The minimum Gasteiger partial charge on any atom is -0.465 e. The Labute approximate surface area is 143 Å². The summed E-state index contributed by atoms with van der Waals surface area (Å²) in [5.74, 6) is 0.635. The Kier molecular flexibility index (Phi) is 4.66. The zero-order valence-corrected chi connectivity index (χ0v) is 13.5. The molecule has 3 rings (SSSR count). The normalized spacial score (nSPS) is 13.4. The number of pyridine rings is 1. The Morgan fingerprint density at radius 1 is 1.21 bits per heavy atom. The molecule has 6 nitrogen and oxygen atoms in total. The van der Waals surface area contributed by atoms with Crippen LogP contribution in [0.4, 0.5) is 10.6 Å². The molecule has 7 heteroatoms. The Hall–Kier alpha value is -2.60. The third-order valence-corrected chi connectivity index (χ3v) is 4.13. The Morgan fingerprint density at radius 2 is 1.96 bits per heavy atom. The number of nitrogens with one attached hydrogen (secondary N) is 2. The maximum Gasteiger partial charge on any atom is 0.404 e. The van der Waals surface area contributed by atoms with Gasteiger partial charge in [0.2, 0.25) is 5.91 Å². The first-order chi connectivity index (χ1) is 11.5.